The van der Waals surface area contributed by atoms with Gasteiger partial charge in [0.25, 0.3) is 0 Å². The third kappa shape index (κ3) is 3.34. The van der Waals surface area contributed by atoms with Gasteiger partial charge in [0, 0.05) is 36.9 Å². The minimum absolute atomic E-state index is 0.277. The summed E-state index contributed by atoms with van der Waals surface area (Å²) in [5, 5.41) is 3.38. The zero-order valence-electron chi connectivity index (χ0n) is 13.9. The van der Waals surface area contributed by atoms with Gasteiger partial charge in [-0.2, -0.15) is 0 Å². The van der Waals surface area contributed by atoms with E-state index in [1.807, 2.05) is 0 Å². The summed E-state index contributed by atoms with van der Waals surface area (Å²) in [6, 6.07) is 8.98. The molecule has 1 aromatic carbocycles. The van der Waals surface area contributed by atoms with Gasteiger partial charge < -0.3 is 9.64 Å². The summed E-state index contributed by atoms with van der Waals surface area (Å²) in [7, 11) is 0. The zero-order valence-corrected chi connectivity index (χ0v) is 14.8. The zero-order chi connectivity index (χ0) is 16.4. The Morgan fingerprint density at radius 2 is 1.88 bits per heavy atom. The molecule has 2 fully saturated rings. The van der Waals surface area contributed by atoms with Gasteiger partial charge >= 0.3 is 0 Å². The van der Waals surface area contributed by atoms with E-state index in [-0.39, 0.29) is 5.91 Å². The van der Waals surface area contributed by atoms with Gasteiger partial charge in [-0.25, -0.2) is 0 Å². The van der Waals surface area contributed by atoms with E-state index in [0.717, 1.165) is 52.2 Å². The van der Waals surface area contributed by atoms with E-state index in [9.17, 15) is 4.79 Å². The molecule has 0 atom stereocenters. The van der Waals surface area contributed by atoms with Crippen molar-refractivity contribution in [2.75, 3.05) is 39.4 Å². The number of nitrogens with zero attached hydrogens (tertiary/aromatic N) is 2. The first-order valence-corrected chi connectivity index (χ1v) is 9.74. The molecule has 0 unspecified atom stereocenters. The van der Waals surface area contributed by atoms with Gasteiger partial charge in [-0.05, 0) is 35.2 Å². The second-order valence-corrected chi connectivity index (χ2v) is 7.61. The number of amides is 1. The third-order valence-corrected chi connectivity index (χ3v) is 6.29. The van der Waals surface area contributed by atoms with Gasteiger partial charge in [-0.1, -0.05) is 18.2 Å². The van der Waals surface area contributed by atoms with Crippen LogP contribution in [-0.2, 0) is 16.0 Å². The number of hydrogen-bond acceptors (Lipinski definition) is 4. The topological polar surface area (TPSA) is 32.8 Å². The molecule has 1 amide bonds. The fourth-order valence-corrected chi connectivity index (χ4v) is 4.83. The van der Waals surface area contributed by atoms with E-state index in [0.29, 0.717) is 12.5 Å². The molecule has 5 heteroatoms. The summed E-state index contributed by atoms with van der Waals surface area (Å²) >= 11 is 1.73. The Morgan fingerprint density at radius 1 is 1.12 bits per heavy atom. The fraction of sp³-hybridized carbons (Fsp3) is 0.526. The quantitative estimate of drug-likeness (QED) is 0.858. The molecule has 128 valence electrons. The lowest BCUT2D eigenvalue weighted by molar-refractivity contribution is -0.132. The van der Waals surface area contributed by atoms with Crippen LogP contribution in [0.3, 0.4) is 0 Å². The Hall–Kier alpha value is -1.43. The van der Waals surface area contributed by atoms with E-state index in [4.69, 9.17) is 4.74 Å². The maximum absolute atomic E-state index is 12.7. The molecule has 24 heavy (non-hydrogen) atoms. The van der Waals surface area contributed by atoms with Gasteiger partial charge in [0.2, 0.25) is 5.91 Å². The summed E-state index contributed by atoms with van der Waals surface area (Å²) < 4.78 is 6.71. The van der Waals surface area contributed by atoms with Crippen molar-refractivity contribution in [3.8, 4) is 0 Å². The van der Waals surface area contributed by atoms with Crippen LogP contribution in [-0.4, -0.2) is 61.1 Å². The highest BCUT2D eigenvalue weighted by molar-refractivity contribution is 7.17. The van der Waals surface area contributed by atoms with Gasteiger partial charge in [0.05, 0.1) is 19.6 Å². The maximum atomic E-state index is 12.7. The number of carbonyl (C=O) groups excluding carboxylic acids is 1. The molecular formula is C19H24N2O2S. The van der Waals surface area contributed by atoms with Crippen LogP contribution in [0.4, 0.5) is 0 Å². The van der Waals surface area contributed by atoms with Crippen LogP contribution in [0.1, 0.15) is 18.4 Å². The number of piperidine rings is 1. The van der Waals surface area contributed by atoms with Crippen molar-refractivity contribution >= 4 is 27.3 Å². The predicted molar refractivity (Wildman–Crippen MR) is 97.5 cm³/mol. The standard InChI is InChI=1S/C19H24N2O2S/c22-19(13-15-14-24-18-4-2-1-3-17(15)18)21-7-5-16(6-8-21)20-9-11-23-12-10-20/h1-4,14,16H,5-13H2. The van der Waals surface area contributed by atoms with Crippen molar-refractivity contribution in [3.05, 3.63) is 35.2 Å². The maximum Gasteiger partial charge on any atom is 0.227 e. The fourth-order valence-electron chi connectivity index (χ4n) is 3.87. The monoisotopic (exact) mass is 344 g/mol. The smallest absolute Gasteiger partial charge is 0.227 e. The number of fused-ring (bicyclic) bond motifs is 1. The highest BCUT2D eigenvalue weighted by Gasteiger charge is 2.27. The summed E-state index contributed by atoms with van der Waals surface area (Å²) in [6.07, 6.45) is 2.72. The van der Waals surface area contributed by atoms with Crippen LogP contribution in [0, 0.1) is 0 Å². The summed E-state index contributed by atoms with van der Waals surface area (Å²) in [4.78, 5) is 17.3. The number of hydrogen-bond donors (Lipinski definition) is 0. The SMILES string of the molecule is O=C(Cc1csc2ccccc12)N1CCC(N2CCOCC2)CC1. The molecule has 2 aliphatic rings. The summed E-state index contributed by atoms with van der Waals surface area (Å²) in [5.41, 5.74) is 1.18. The number of ether oxygens (including phenoxy) is 1. The molecule has 4 rings (SSSR count). The van der Waals surface area contributed by atoms with E-state index >= 15 is 0 Å². The lowest BCUT2D eigenvalue weighted by atomic mass is 10.0. The van der Waals surface area contributed by atoms with Crippen LogP contribution in [0.5, 0.6) is 0 Å². The molecule has 0 saturated carbocycles. The Labute approximate surface area is 147 Å². The predicted octanol–water partition coefficient (Wildman–Crippen LogP) is 2.77. The van der Waals surface area contributed by atoms with Crippen molar-refractivity contribution in [2.24, 2.45) is 0 Å². The molecular weight excluding hydrogens is 320 g/mol. The van der Waals surface area contributed by atoms with E-state index in [2.05, 4.69) is 39.4 Å². The molecule has 2 aromatic rings. The number of carbonyl (C=O) groups is 1. The van der Waals surface area contributed by atoms with Crippen molar-refractivity contribution < 1.29 is 9.53 Å². The lowest BCUT2D eigenvalue weighted by Crippen LogP contribution is -2.50. The van der Waals surface area contributed by atoms with Crippen molar-refractivity contribution in [3.63, 3.8) is 0 Å². The van der Waals surface area contributed by atoms with E-state index < -0.39 is 0 Å². The van der Waals surface area contributed by atoms with Crippen LogP contribution in [0.25, 0.3) is 10.1 Å². The molecule has 0 bridgehead atoms. The van der Waals surface area contributed by atoms with Crippen LogP contribution in [0.2, 0.25) is 0 Å². The first-order chi connectivity index (χ1) is 11.8. The average Bonchev–Trinajstić information content (AvgIpc) is 3.06. The van der Waals surface area contributed by atoms with Crippen molar-refractivity contribution in [1.82, 2.24) is 9.80 Å². The first kappa shape index (κ1) is 16.1. The van der Waals surface area contributed by atoms with Crippen molar-refractivity contribution in [2.45, 2.75) is 25.3 Å². The molecule has 0 spiro atoms. The Bertz CT molecular complexity index is 700. The second kappa shape index (κ2) is 7.21. The van der Waals surface area contributed by atoms with Gasteiger partial charge in [-0.15, -0.1) is 11.3 Å². The van der Waals surface area contributed by atoms with Gasteiger partial charge in [0.15, 0.2) is 0 Å². The number of benzene rings is 1. The third-order valence-electron chi connectivity index (χ3n) is 5.28. The summed E-state index contributed by atoms with van der Waals surface area (Å²) in [6.45, 7) is 5.57. The molecule has 0 N–H and O–H groups in total. The number of thiophene rings is 1. The van der Waals surface area contributed by atoms with E-state index in [1.54, 1.807) is 11.3 Å². The van der Waals surface area contributed by atoms with Crippen LogP contribution >= 0.6 is 11.3 Å². The summed E-state index contributed by atoms with van der Waals surface area (Å²) in [5.74, 6) is 0.277. The largest absolute Gasteiger partial charge is 0.379 e. The molecule has 2 aliphatic heterocycles. The molecule has 0 aliphatic carbocycles. The molecule has 4 nitrogen and oxygen atoms in total. The van der Waals surface area contributed by atoms with Crippen LogP contribution in [0.15, 0.2) is 29.6 Å². The molecule has 0 radical (unpaired) electrons. The second-order valence-electron chi connectivity index (χ2n) is 6.69. The van der Waals surface area contributed by atoms with Gasteiger partial charge in [0.1, 0.15) is 0 Å². The van der Waals surface area contributed by atoms with Crippen molar-refractivity contribution in [1.29, 1.82) is 0 Å². The Kier molecular flexibility index (Phi) is 4.83. The molecule has 1 aromatic heterocycles. The Balaban J connectivity index is 1.34. The number of rotatable bonds is 3. The highest BCUT2D eigenvalue weighted by Crippen LogP contribution is 2.27. The van der Waals surface area contributed by atoms with Gasteiger partial charge in [-0.3, -0.25) is 9.69 Å². The number of morpholine rings is 1. The Morgan fingerprint density at radius 3 is 2.67 bits per heavy atom. The minimum Gasteiger partial charge on any atom is -0.379 e. The molecule has 3 heterocycles. The average molecular weight is 344 g/mol. The highest BCUT2D eigenvalue weighted by atomic mass is 32.1. The van der Waals surface area contributed by atoms with Crippen LogP contribution < -0.4 is 0 Å². The first-order valence-electron chi connectivity index (χ1n) is 8.86. The number of likely N-dealkylation sites (tertiary alicyclic amines) is 1. The lowest BCUT2D eigenvalue weighted by Gasteiger charge is -2.40. The van der Waals surface area contributed by atoms with E-state index in [1.165, 1.54) is 15.6 Å². The molecule has 2 saturated heterocycles. The normalized spacial score (nSPS) is 20.6. The minimum atomic E-state index is 0.277.